The lowest BCUT2D eigenvalue weighted by atomic mass is 10.1. The second-order valence-corrected chi connectivity index (χ2v) is 9.14. The van der Waals surface area contributed by atoms with Crippen molar-refractivity contribution in [3.05, 3.63) is 39.1 Å². The van der Waals surface area contributed by atoms with Gasteiger partial charge in [-0.15, -0.1) is 11.3 Å². The molecule has 0 aliphatic carbocycles. The van der Waals surface area contributed by atoms with Gasteiger partial charge in [-0.2, -0.15) is 13.2 Å². The molecule has 7 nitrogen and oxygen atoms in total. The van der Waals surface area contributed by atoms with Crippen LogP contribution in [0.2, 0.25) is 0 Å². The van der Waals surface area contributed by atoms with Crippen molar-refractivity contribution in [2.45, 2.75) is 64.5 Å². The van der Waals surface area contributed by atoms with Crippen LogP contribution in [0, 0.1) is 0 Å². The molecule has 0 radical (unpaired) electrons. The first-order valence-corrected chi connectivity index (χ1v) is 11.5. The summed E-state index contributed by atoms with van der Waals surface area (Å²) in [7, 11) is 0. The summed E-state index contributed by atoms with van der Waals surface area (Å²) in [6.45, 7) is 5.55. The molecule has 4 rings (SSSR count). The van der Waals surface area contributed by atoms with Gasteiger partial charge in [0, 0.05) is 19.1 Å². The molecular formula is C21H25F3N4O3S. The number of nitrogens with one attached hydrogen (secondary N) is 1. The summed E-state index contributed by atoms with van der Waals surface area (Å²) in [5.74, 6) is -0.567. The highest BCUT2D eigenvalue weighted by molar-refractivity contribution is 7.11. The zero-order chi connectivity index (χ0) is 23.0. The molecule has 1 fully saturated rings. The predicted octanol–water partition coefficient (Wildman–Crippen LogP) is 4.00. The molecule has 1 N–H and O–H groups in total. The number of alkyl halides is 3. The van der Waals surface area contributed by atoms with Crippen molar-refractivity contribution < 1.29 is 27.5 Å². The van der Waals surface area contributed by atoms with Crippen molar-refractivity contribution in [3.8, 4) is 0 Å². The van der Waals surface area contributed by atoms with Crippen molar-refractivity contribution >= 4 is 23.2 Å². The number of fused-ring (bicyclic) bond motifs is 1. The number of likely N-dealkylation sites (tertiary alicyclic amines) is 1. The summed E-state index contributed by atoms with van der Waals surface area (Å²) in [6.07, 6.45) is -1.42. The van der Waals surface area contributed by atoms with Crippen LogP contribution in [-0.4, -0.2) is 45.5 Å². The van der Waals surface area contributed by atoms with Gasteiger partial charge in [-0.05, 0) is 32.3 Å². The van der Waals surface area contributed by atoms with E-state index in [1.807, 2.05) is 16.4 Å². The standard InChI is InChI=1S/C21H25F3N4O3S/c1-3-14(19-25-10-17(32-19)21(22,23)24)26-18(29)13-9-15(28-7-8-31-11-16(13)28)20(30)27-6-4-5-12(27)2/h9-10,12,14H,3-8,11H2,1-2H3,(H,26,29)/t12-,14+/m0/s1. The Morgan fingerprint density at radius 2 is 2.16 bits per heavy atom. The van der Waals surface area contributed by atoms with E-state index in [1.54, 1.807) is 13.0 Å². The lowest BCUT2D eigenvalue weighted by molar-refractivity contribution is -0.134. The highest BCUT2D eigenvalue weighted by atomic mass is 32.1. The second kappa shape index (κ2) is 8.86. The Hall–Kier alpha value is -2.40. The molecule has 0 saturated carbocycles. The fourth-order valence-electron chi connectivity index (χ4n) is 4.23. The van der Waals surface area contributed by atoms with Gasteiger partial charge in [0.1, 0.15) is 15.6 Å². The van der Waals surface area contributed by atoms with E-state index in [0.717, 1.165) is 19.0 Å². The van der Waals surface area contributed by atoms with E-state index < -0.39 is 23.0 Å². The van der Waals surface area contributed by atoms with Gasteiger partial charge in [-0.1, -0.05) is 6.92 Å². The van der Waals surface area contributed by atoms with E-state index in [0.29, 0.717) is 54.4 Å². The number of carbonyl (C=O) groups is 2. The minimum absolute atomic E-state index is 0.112. The average Bonchev–Trinajstić information content (AvgIpc) is 3.49. The number of ether oxygens (including phenoxy) is 1. The third-order valence-corrected chi connectivity index (χ3v) is 7.15. The van der Waals surface area contributed by atoms with Crippen LogP contribution in [0.1, 0.15) is 75.6 Å². The number of thiazole rings is 1. The summed E-state index contributed by atoms with van der Waals surface area (Å²) >= 11 is 0.524. The van der Waals surface area contributed by atoms with Gasteiger partial charge < -0.3 is 19.5 Å². The first-order valence-electron chi connectivity index (χ1n) is 10.7. The maximum absolute atomic E-state index is 13.2. The zero-order valence-electron chi connectivity index (χ0n) is 17.9. The molecule has 0 spiro atoms. The number of rotatable bonds is 5. The van der Waals surface area contributed by atoms with E-state index in [-0.39, 0.29) is 23.6 Å². The maximum Gasteiger partial charge on any atom is 0.427 e. The zero-order valence-corrected chi connectivity index (χ0v) is 18.7. The lowest BCUT2D eigenvalue weighted by Gasteiger charge is -2.24. The van der Waals surface area contributed by atoms with E-state index in [2.05, 4.69) is 10.3 Å². The summed E-state index contributed by atoms with van der Waals surface area (Å²) in [6, 6.07) is 1.06. The normalized spacial score (nSPS) is 19.7. The Morgan fingerprint density at radius 3 is 2.78 bits per heavy atom. The van der Waals surface area contributed by atoms with E-state index in [9.17, 15) is 22.8 Å². The van der Waals surface area contributed by atoms with E-state index in [1.165, 1.54) is 0 Å². The predicted molar refractivity (Wildman–Crippen MR) is 111 cm³/mol. The second-order valence-electron chi connectivity index (χ2n) is 8.08. The minimum Gasteiger partial charge on any atom is -0.373 e. The number of hydrogen-bond acceptors (Lipinski definition) is 5. The van der Waals surface area contributed by atoms with Crippen LogP contribution in [0.3, 0.4) is 0 Å². The fraction of sp³-hybridized carbons (Fsp3) is 0.571. The number of halogens is 3. The molecule has 2 amide bonds. The molecular weight excluding hydrogens is 445 g/mol. The van der Waals surface area contributed by atoms with Crippen LogP contribution in [0.4, 0.5) is 13.2 Å². The molecule has 2 aliphatic rings. The molecule has 4 heterocycles. The van der Waals surface area contributed by atoms with Crippen LogP contribution in [0.25, 0.3) is 0 Å². The van der Waals surface area contributed by atoms with Crippen molar-refractivity contribution in [1.82, 2.24) is 19.8 Å². The number of hydrogen-bond donors (Lipinski definition) is 1. The summed E-state index contributed by atoms with van der Waals surface area (Å²) in [5, 5.41) is 2.99. The highest BCUT2D eigenvalue weighted by Crippen LogP contribution is 2.35. The monoisotopic (exact) mass is 470 g/mol. The Bertz CT molecular complexity index is 1020. The summed E-state index contributed by atoms with van der Waals surface area (Å²) in [4.78, 5) is 31.2. The lowest BCUT2D eigenvalue weighted by Crippen LogP contribution is -2.35. The number of nitrogens with zero attached hydrogens (tertiary/aromatic N) is 3. The highest BCUT2D eigenvalue weighted by Gasteiger charge is 2.35. The Morgan fingerprint density at radius 1 is 1.38 bits per heavy atom. The van der Waals surface area contributed by atoms with Gasteiger partial charge in [0.05, 0.1) is 36.7 Å². The minimum atomic E-state index is -4.47. The van der Waals surface area contributed by atoms with Gasteiger partial charge in [-0.25, -0.2) is 4.98 Å². The molecule has 2 aromatic rings. The van der Waals surface area contributed by atoms with Gasteiger partial charge in [0.15, 0.2) is 0 Å². The Labute approximate surface area is 187 Å². The topological polar surface area (TPSA) is 76.5 Å². The average molecular weight is 471 g/mol. The molecule has 2 aromatic heterocycles. The molecule has 0 unspecified atom stereocenters. The number of amides is 2. The molecule has 11 heteroatoms. The third kappa shape index (κ3) is 4.27. The van der Waals surface area contributed by atoms with Crippen LogP contribution in [0.15, 0.2) is 12.3 Å². The smallest absolute Gasteiger partial charge is 0.373 e. The third-order valence-electron chi connectivity index (χ3n) is 6.00. The van der Waals surface area contributed by atoms with Crippen molar-refractivity contribution in [2.75, 3.05) is 13.2 Å². The van der Waals surface area contributed by atoms with Crippen molar-refractivity contribution in [3.63, 3.8) is 0 Å². The molecule has 0 bridgehead atoms. The number of aromatic nitrogens is 2. The molecule has 0 aromatic carbocycles. The SMILES string of the molecule is CC[C@@H](NC(=O)c1cc(C(=O)N2CCC[C@@H]2C)n2c1COCC2)c1ncc(C(F)(F)F)s1. The van der Waals surface area contributed by atoms with Crippen molar-refractivity contribution in [1.29, 1.82) is 0 Å². The van der Waals surface area contributed by atoms with Gasteiger partial charge in [0.2, 0.25) is 0 Å². The van der Waals surface area contributed by atoms with Crippen molar-refractivity contribution in [2.24, 2.45) is 0 Å². The van der Waals surface area contributed by atoms with E-state index >= 15 is 0 Å². The van der Waals surface area contributed by atoms with Crippen LogP contribution < -0.4 is 5.32 Å². The summed E-state index contributed by atoms with van der Waals surface area (Å²) in [5.41, 5.74) is 1.36. The van der Waals surface area contributed by atoms with Gasteiger partial charge in [0.25, 0.3) is 11.8 Å². The van der Waals surface area contributed by atoms with Crippen LogP contribution in [0.5, 0.6) is 0 Å². The maximum atomic E-state index is 13.2. The first-order chi connectivity index (χ1) is 15.2. The summed E-state index contributed by atoms with van der Waals surface area (Å²) < 4.78 is 46.2. The van der Waals surface area contributed by atoms with Crippen LogP contribution in [-0.2, 0) is 24.1 Å². The molecule has 2 atom stereocenters. The largest absolute Gasteiger partial charge is 0.427 e. The first kappa shape index (κ1) is 22.8. The molecule has 1 saturated heterocycles. The Kier molecular flexibility index (Phi) is 6.30. The van der Waals surface area contributed by atoms with Gasteiger partial charge >= 0.3 is 6.18 Å². The molecule has 174 valence electrons. The van der Waals surface area contributed by atoms with E-state index in [4.69, 9.17) is 4.74 Å². The van der Waals surface area contributed by atoms with Crippen LogP contribution >= 0.6 is 11.3 Å². The quantitative estimate of drug-likeness (QED) is 0.717. The molecule has 2 aliphatic heterocycles. The van der Waals surface area contributed by atoms with Gasteiger partial charge in [-0.3, -0.25) is 9.59 Å². The Balaban J connectivity index is 1.60. The fourth-order valence-corrected chi connectivity index (χ4v) is 5.15. The number of carbonyl (C=O) groups excluding carboxylic acids is 2. The molecule has 32 heavy (non-hydrogen) atoms.